The predicted molar refractivity (Wildman–Crippen MR) is 226 cm³/mol. The first-order valence-electron chi connectivity index (χ1n) is 18.3. The van der Waals surface area contributed by atoms with E-state index in [9.17, 15) is 0 Å². The maximum absolute atomic E-state index is 5.39. The minimum atomic E-state index is 0.606. The van der Waals surface area contributed by atoms with Crippen LogP contribution in [0.3, 0.4) is 0 Å². The summed E-state index contributed by atoms with van der Waals surface area (Å²) in [4.78, 5) is 15.1. The molecule has 0 aliphatic carbocycles. The van der Waals surface area contributed by atoms with Crippen molar-refractivity contribution in [1.82, 2.24) is 9.97 Å². The molecule has 0 atom stereocenters. The van der Waals surface area contributed by atoms with Crippen LogP contribution in [0.5, 0.6) is 0 Å². The van der Waals surface area contributed by atoms with Gasteiger partial charge >= 0.3 is 0 Å². The second kappa shape index (κ2) is 13.4. The molecule has 4 heteroatoms. The fourth-order valence-corrected chi connectivity index (χ4v) is 7.81. The van der Waals surface area contributed by atoms with Gasteiger partial charge in [-0.2, -0.15) is 0 Å². The summed E-state index contributed by atoms with van der Waals surface area (Å²) < 4.78 is 0. The zero-order valence-corrected chi connectivity index (χ0v) is 29.4. The summed E-state index contributed by atoms with van der Waals surface area (Å²) in [6.45, 7) is 0. The van der Waals surface area contributed by atoms with Crippen molar-refractivity contribution < 1.29 is 0 Å². The van der Waals surface area contributed by atoms with Crippen molar-refractivity contribution in [3.8, 4) is 22.4 Å². The molecule has 10 aromatic rings. The fraction of sp³-hybridized carbons (Fsp3) is 0. The van der Waals surface area contributed by atoms with Gasteiger partial charge in [0, 0.05) is 45.2 Å². The molecular weight excluding hydrogens is 657 g/mol. The topological polar surface area (TPSA) is 32.3 Å². The van der Waals surface area contributed by atoms with E-state index >= 15 is 0 Å². The molecule has 9 aromatic carbocycles. The molecule has 254 valence electrons. The van der Waals surface area contributed by atoms with Gasteiger partial charge in [0.25, 0.3) is 0 Å². The lowest BCUT2D eigenvalue weighted by Gasteiger charge is -2.28. The molecule has 4 nitrogen and oxygen atoms in total. The van der Waals surface area contributed by atoms with Crippen LogP contribution in [0.15, 0.2) is 206 Å². The van der Waals surface area contributed by atoms with Crippen LogP contribution in [0.2, 0.25) is 0 Å². The Morgan fingerprint density at radius 3 is 1.26 bits per heavy atom. The monoisotopic (exact) mass is 690 g/mol. The van der Waals surface area contributed by atoms with E-state index in [4.69, 9.17) is 9.97 Å². The summed E-state index contributed by atoms with van der Waals surface area (Å²) >= 11 is 0. The first-order valence-corrected chi connectivity index (χ1v) is 18.3. The molecule has 0 fully saturated rings. The second-order valence-corrected chi connectivity index (χ2v) is 13.4. The highest BCUT2D eigenvalue weighted by Crippen LogP contribution is 2.47. The Bertz CT molecular complexity index is 2820. The normalized spacial score (nSPS) is 11.3. The highest BCUT2D eigenvalue weighted by atomic mass is 15.3. The summed E-state index contributed by atoms with van der Waals surface area (Å²) in [6, 6.07) is 70.5. The quantitative estimate of drug-likeness (QED) is 0.149. The van der Waals surface area contributed by atoms with Gasteiger partial charge in [0.05, 0.1) is 17.1 Å². The zero-order valence-electron chi connectivity index (χ0n) is 29.4. The van der Waals surface area contributed by atoms with Gasteiger partial charge in [0.2, 0.25) is 5.95 Å². The summed E-state index contributed by atoms with van der Waals surface area (Å²) in [6.07, 6.45) is 1.97. The van der Waals surface area contributed by atoms with Crippen molar-refractivity contribution in [2.75, 3.05) is 9.80 Å². The van der Waals surface area contributed by atoms with Gasteiger partial charge in [-0.15, -0.1) is 0 Å². The Hall–Kier alpha value is -7.30. The number of aromatic nitrogens is 2. The van der Waals surface area contributed by atoms with Crippen LogP contribution in [-0.2, 0) is 0 Å². The third-order valence-corrected chi connectivity index (χ3v) is 10.3. The smallest absolute Gasteiger partial charge is 0.235 e. The van der Waals surface area contributed by atoms with E-state index in [1.165, 1.54) is 26.9 Å². The molecule has 1 aromatic heterocycles. The summed E-state index contributed by atoms with van der Waals surface area (Å²) in [5.41, 5.74) is 9.35. The standard InChI is InChI=1S/C50H34N4/c1-6-16-35(17-7-1)44-34-51-50(52-49(44)38-18-8-2-9-19-38)54(41-24-14-5-15-25-41)46-33-29-37-26-30-42-45(32-28-36-27-31-43(46)48(37)47(36)42)53(39-20-10-3-11-21-39)40-22-12-4-13-23-40/h1-34H. The Morgan fingerprint density at radius 1 is 0.352 bits per heavy atom. The van der Waals surface area contributed by atoms with Gasteiger partial charge in [-0.1, -0.05) is 152 Å². The number of nitrogens with zero attached hydrogens (tertiary/aromatic N) is 4. The Kier molecular flexibility index (Phi) is 7.77. The third-order valence-electron chi connectivity index (χ3n) is 10.3. The van der Waals surface area contributed by atoms with Gasteiger partial charge in [-0.3, -0.25) is 4.90 Å². The molecule has 1 heterocycles. The molecule has 0 spiro atoms. The van der Waals surface area contributed by atoms with E-state index < -0.39 is 0 Å². The SMILES string of the molecule is c1ccc(-c2cnc(N(c3ccccc3)c3ccc4ccc5c(N(c6ccccc6)c6ccccc6)ccc6ccc3c4c65)nc2-c2ccccc2)cc1. The van der Waals surface area contributed by atoms with Crippen LogP contribution in [0.25, 0.3) is 54.7 Å². The average molecular weight is 691 g/mol. The number of hydrogen-bond acceptors (Lipinski definition) is 4. The first-order chi connectivity index (χ1) is 26.8. The van der Waals surface area contributed by atoms with Crippen LogP contribution in [0.4, 0.5) is 34.4 Å². The molecule has 0 aliphatic heterocycles. The molecule has 10 rings (SSSR count). The molecule has 0 N–H and O–H groups in total. The minimum Gasteiger partial charge on any atom is -0.310 e. The van der Waals surface area contributed by atoms with Crippen LogP contribution in [-0.4, -0.2) is 9.97 Å². The number of hydrogen-bond donors (Lipinski definition) is 0. The lowest BCUT2D eigenvalue weighted by atomic mass is 9.92. The molecule has 0 saturated heterocycles. The minimum absolute atomic E-state index is 0.606. The first kappa shape index (κ1) is 31.4. The van der Waals surface area contributed by atoms with Gasteiger partial charge in [0.15, 0.2) is 0 Å². The van der Waals surface area contributed by atoms with Gasteiger partial charge in [-0.25, -0.2) is 9.97 Å². The van der Waals surface area contributed by atoms with Crippen molar-refractivity contribution in [2.24, 2.45) is 0 Å². The van der Waals surface area contributed by atoms with E-state index in [1.807, 2.05) is 24.4 Å². The van der Waals surface area contributed by atoms with Crippen LogP contribution < -0.4 is 9.80 Å². The van der Waals surface area contributed by atoms with Crippen molar-refractivity contribution in [1.29, 1.82) is 0 Å². The fourth-order valence-electron chi connectivity index (χ4n) is 7.81. The predicted octanol–water partition coefficient (Wildman–Crippen LogP) is 13.6. The van der Waals surface area contributed by atoms with E-state index in [2.05, 4.69) is 192 Å². The van der Waals surface area contributed by atoms with E-state index in [1.54, 1.807) is 0 Å². The van der Waals surface area contributed by atoms with E-state index in [0.29, 0.717) is 5.95 Å². The lowest BCUT2D eigenvalue weighted by Crippen LogP contribution is -2.14. The van der Waals surface area contributed by atoms with Crippen molar-refractivity contribution in [3.63, 3.8) is 0 Å². The van der Waals surface area contributed by atoms with Crippen LogP contribution in [0.1, 0.15) is 0 Å². The molecular formula is C50H34N4. The maximum atomic E-state index is 5.39. The average Bonchev–Trinajstić information content (AvgIpc) is 3.25. The summed E-state index contributed by atoms with van der Waals surface area (Å²) in [5, 5.41) is 7.17. The number of rotatable bonds is 8. The lowest BCUT2D eigenvalue weighted by molar-refractivity contribution is 1.09. The second-order valence-electron chi connectivity index (χ2n) is 13.4. The number of anilines is 6. The Morgan fingerprint density at radius 2 is 0.759 bits per heavy atom. The van der Waals surface area contributed by atoms with Gasteiger partial charge in [0.1, 0.15) is 0 Å². The van der Waals surface area contributed by atoms with Gasteiger partial charge in [-0.05, 0) is 75.6 Å². The Labute approximate surface area is 314 Å². The third kappa shape index (κ3) is 5.40. The van der Waals surface area contributed by atoms with Crippen molar-refractivity contribution >= 4 is 66.7 Å². The highest BCUT2D eigenvalue weighted by Gasteiger charge is 2.24. The molecule has 0 amide bonds. The zero-order chi connectivity index (χ0) is 35.8. The summed E-state index contributed by atoms with van der Waals surface area (Å²) in [5.74, 6) is 0.606. The maximum Gasteiger partial charge on any atom is 0.235 e. The van der Waals surface area contributed by atoms with Gasteiger partial charge < -0.3 is 4.90 Å². The largest absolute Gasteiger partial charge is 0.310 e. The number of para-hydroxylation sites is 3. The highest BCUT2D eigenvalue weighted by molar-refractivity contribution is 6.28. The van der Waals surface area contributed by atoms with Crippen LogP contribution >= 0.6 is 0 Å². The summed E-state index contributed by atoms with van der Waals surface area (Å²) in [7, 11) is 0. The molecule has 54 heavy (non-hydrogen) atoms. The molecule has 0 radical (unpaired) electrons. The Balaban J connectivity index is 1.22. The molecule has 0 bridgehead atoms. The van der Waals surface area contributed by atoms with Crippen molar-refractivity contribution in [3.05, 3.63) is 206 Å². The molecule has 0 aliphatic rings. The van der Waals surface area contributed by atoms with E-state index in [0.717, 1.165) is 56.2 Å². The van der Waals surface area contributed by atoms with E-state index in [-0.39, 0.29) is 0 Å². The van der Waals surface area contributed by atoms with Crippen LogP contribution in [0, 0.1) is 0 Å². The number of benzene rings is 9. The molecule has 0 unspecified atom stereocenters. The molecule has 0 saturated carbocycles. The van der Waals surface area contributed by atoms with Crippen molar-refractivity contribution in [2.45, 2.75) is 0 Å².